The molecule has 2 unspecified atom stereocenters. The lowest BCUT2D eigenvalue weighted by molar-refractivity contribution is -0.114. The van der Waals surface area contributed by atoms with E-state index in [1.165, 1.54) is 30.5 Å². The first-order valence-electron chi connectivity index (χ1n) is 10.4. The number of primary amides is 1. The van der Waals surface area contributed by atoms with E-state index in [-0.39, 0.29) is 23.4 Å². The van der Waals surface area contributed by atoms with E-state index in [0.29, 0.717) is 12.2 Å². The van der Waals surface area contributed by atoms with Gasteiger partial charge in [-0.2, -0.15) is 0 Å². The van der Waals surface area contributed by atoms with Crippen LogP contribution >= 0.6 is 0 Å². The number of ether oxygens (including phenoxy) is 1. The number of hydrogen-bond acceptors (Lipinski definition) is 5. The summed E-state index contributed by atoms with van der Waals surface area (Å²) in [5.41, 5.74) is 11.3. The number of halogens is 1. The number of alkyl carbamates (subject to hydrolysis) is 1. The standard InChI is InChI=1S/C22H32FN5O3/c1-22(2,3)31-21(30)27-12-14-5-4-6-17(11-14)26-13-18(20(25)29)19(24)28-16-9-7-15(23)8-10-16/h7-10,13-14,17,26H,4-6,11-12H2,1-3H3,(H2,24,28)(H2,25,29)(H,27,30)/b18-13+. The van der Waals surface area contributed by atoms with Crippen LogP contribution in [0, 0.1) is 11.7 Å². The van der Waals surface area contributed by atoms with Crippen LogP contribution in [0.2, 0.25) is 0 Å². The summed E-state index contributed by atoms with van der Waals surface area (Å²) in [7, 11) is 0. The normalized spacial score (nSPS) is 20.1. The zero-order valence-electron chi connectivity index (χ0n) is 18.3. The molecule has 9 heteroatoms. The van der Waals surface area contributed by atoms with Crippen molar-refractivity contribution in [1.82, 2.24) is 10.6 Å². The van der Waals surface area contributed by atoms with Crippen molar-refractivity contribution in [1.29, 1.82) is 0 Å². The first kappa shape index (κ1) is 24.2. The summed E-state index contributed by atoms with van der Waals surface area (Å²) in [4.78, 5) is 27.8. The molecule has 1 aromatic rings. The molecule has 1 fully saturated rings. The minimum absolute atomic E-state index is 0.0504. The Morgan fingerprint density at radius 3 is 2.52 bits per heavy atom. The molecular formula is C22H32FN5O3. The maximum atomic E-state index is 13.0. The Hall–Kier alpha value is -3.10. The molecule has 2 amide bonds. The number of carbonyl (C=O) groups is 2. The highest BCUT2D eigenvalue weighted by molar-refractivity contribution is 6.20. The number of amidine groups is 1. The van der Waals surface area contributed by atoms with Crippen LogP contribution in [0.15, 0.2) is 41.0 Å². The van der Waals surface area contributed by atoms with E-state index >= 15 is 0 Å². The number of carbonyl (C=O) groups excluding carboxylic acids is 2. The van der Waals surface area contributed by atoms with Gasteiger partial charge in [-0.15, -0.1) is 0 Å². The van der Waals surface area contributed by atoms with Crippen molar-refractivity contribution in [3.8, 4) is 0 Å². The van der Waals surface area contributed by atoms with E-state index in [9.17, 15) is 14.0 Å². The average Bonchev–Trinajstić information content (AvgIpc) is 2.67. The summed E-state index contributed by atoms with van der Waals surface area (Å²) < 4.78 is 18.3. The number of benzene rings is 1. The van der Waals surface area contributed by atoms with E-state index < -0.39 is 23.4 Å². The van der Waals surface area contributed by atoms with Gasteiger partial charge in [0.2, 0.25) is 0 Å². The van der Waals surface area contributed by atoms with Crippen LogP contribution in [0.4, 0.5) is 14.9 Å². The maximum absolute atomic E-state index is 13.0. The molecule has 1 aromatic carbocycles. The fourth-order valence-corrected chi connectivity index (χ4v) is 3.36. The summed E-state index contributed by atoms with van der Waals surface area (Å²) >= 11 is 0. The van der Waals surface area contributed by atoms with Crippen LogP contribution in [0.5, 0.6) is 0 Å². The van der Waals surface area contributed by atoms with Crippen molar-refractivity contribution in [3.63, 3.8) is 0 Å². The molecule has 0 aromatic heterocycles. The summed E-state index contributed by atoms with van der Waals surface area (Å²) in [5, 5.41) is 6.02. The van der Waals surface area contributed by atoms with Gasteiger partial charge in [0, 0.05) is 18.8 Å². The molecule has 6 N–H and O–H groups in total. The molecule has 1 aliphatic carbocycles. The molecule has 2 rings (SSSR count). The first-order chi connectivity index (χ1) is 14.5. The van der Waals surface area contributed by atoms with Gasteiger partial charge in [0.1, 0.15) is 17.3 Å². The molecular weight excluding hydrogens is 401 g/mol. The maximum Gasteiger partial charge on any atom is 0.407 e. The number of nitrogens with zero attached hydrogens (tertiary/aromatic N) is 1. The lowest BCUT2D eigenvalue weighted by atomic mass is 9.85. The highest BCUT2D eigenvalue weighted by Gasteiger charge is 2.23. The van der Waals surface area contributed by atoms with E-state index in [1.807, 2.05) is 20.8 Å². The fraction of sp³-hybridized carbons (Fsp3) is 0.500. The van der Waals surface area contributed by atoms with Gasteiger partial charge in [0.25, 0.3) is 5.91 Å². The zero-order valence-corrected chi connectivity index (χ0v) is 18.3. The van der Waals surface area contributed by atoms with Crippen molar-refractivity contribution in [2.24, 2.45) is 22.4 Å². The van der Waals surface area contributed by atoms with Gasteiger partial charge in [-0.25, -0.2) is 14.2 Å². The smallest absolute Gasteiger partial charge is 0.407 e. The highest BCUT2D eigenvalue weighted by atomic mass is 19.1. The molecule has 2 atom stereocenters. The van der Waals surface area contributed by atoms with E-state index in [1.54, 1.807) is 0 Å². The largest absolute Gasteiger partial charge is 0.444 e. The second-order valence-corrected chi connectivity index (χ2v) is 8.67. The van der Waals surface area contributed by atoms with Crippen molar-refractivity contribution in [2.45, 2.75) is 58.1 Å². The Morgan fingerprint density at radius 1 is 1.23 bits per heavy atom. The molecule has 0 heterocycles. The van der Waals surface area contributed by atoms with Gasteiger partial charge in [-0.1, -0.05) is 6.42 Å². The summed E-state index contributed by atoms with van der Waals surface area (Å²) in [5.74, 6) is -0.868. The summed E-state index contributed by atoms with van der Waals surface area (Å²) in [6.45, 7) is 5.98. The number of amides is 2. The number of aliphatic imine (C=N–C) groups is 1. The average molecular weight is 434 g/mol. The molecule has 170 valence electrons. The second-order valence-electron chi connectivity index (χ2n) is 8.67. The van der Waals surface area contributed by atoms with Crippen molar-refractivity contribution < 1.29 is 18.7 Å². The third kappa shape index (κ3) is 8.65. The topological polar surface area (TPSA) is 132 Å². The van der Waals surface area contributed by atoms with Crippen molar-refractivity contribution >= 4 is 23.5 Å². The molecule has 8 nitrogen and oxygen atoms in total. The van der Waals surface area contributed by atoms with E-state index in [2.05, 4.69) is 15.6 Å². The van der Waals surface area contributed by atoms with Crippen LogP contribution in [-0.2, 0) is 9.53 Å². The van der Waals surface area contributed by atoms with Crippen LogP contribution < -0.4 is 22.1 Å². The highest BCUT2D eigenvalue weighted by Crippen LogP contribution is 2.24. The number of nitrogens with two attached hydrogens (primary N) is 2. The second kappa shape index (κ2) is 10.8. The Morgan fingerprint density at radius 2 is 1.90 bits per heavy atom. The predicted octanol–water partition coefficient (Wildman–Crippen LogP) is 2.86. The minimum atomic E-state index is -0.713. The first-order valence-corrected chi connectivity index (χ1v) is 10.4. The summed E-state index contributed by atoms with van der Waals surface area (Å²) in [6, 6.07) is 5.53. The lowest BCUT2D eigenvalue weighted by Crippen LogP contribution is -2.39. The van der Waals surface area contributed by atoms with Crippen molar-refractivity contribution in [3.05, 3.63) is 41.9 Å². The van der Waals surface area contributed by atoms with E-state index in [0.717, 1.165) is 25.7 Å². The molecule has 0 bridgehead atoms. The monoisotopic (exact) mass is 433 g/mol. The van der Waals surface area contributed by atoms with Crippen LogP contribution in [0.25, 0.3) is 0 Å². The van der Waals surface area contributed by atoms with Crippen LogP contribution in [0.3, 0.4) is 0 Å². The van der Waals surface area contributed by atoms with Gasteiger partial charge in [0.15, 0.2) is 0 Å². The van der Waals surface area contributed by atoms with Gasteiger partial charge in [-0.05, 0) is 70.2 Å². The number of nitrogens with one attached hydrogen (secondary N) is 2. The number of rotatable bonds is 7. The fourth-order valence-electron chi connectivity index (χ4n) is 3.36. The summed E-state index contributed by atoms with van der Waals surface area (Å²) in [6.07, 6.45) is 4.77. The Kier molecular flexibility index (Phi) is 8.41. The molecule has 0 saturated heterocycles. The third-order valence-electron chi connectivity index (χ3n) is 4.80. The Balaban J connectivity index is 1.95. The zero-order chi connectivity index (χ0) is 23.0. The quantitative estimate of drug-likeness (QED) is 0.298. The van der Waals surface area contributed by atoms with Gasteiger partial charge in [-0.3, -0.25) is 4.79 Å². The Labute approximate surface area is 182 Å². The van der Waals surface area contributed by atoms with Gasteiger partial charge < -0.3 is 26.8 Å². The molecule has 31 heavy (non-hydrogen) atoms. The van der Waals surface area contributed by atoms with Crippen LogP contribution in [0.1, 0.15) is 46.5 Å². The van der Waals surface area contributed by atoms with Gasteiger partial charge in [0.05, 0.1) is 11.3 Å². The molecule has 0 radical (unpaired) electrons. The molecule has 1 saturated carbocycles. The predicted molar refractivity (Wildman–Crippen MR) is 118 cm³/mol. The van der Waals surface area contributed by atoms with Crippen molar-refractivity contribution in [2.75, 3.05) is 6.54 Å². The van der Waals surface area contributed by atoms with E-state index in [4.69, 9.17) is 16.2 Å². The number of hydrogen-bond donors (Lipinski definition) is 4. The SMILES string of the molecule is CC(C)(C)OC(=O)NCC1CCCC(N/C=C(/C(N)=O)C(N)=Nc2ccc(F)cc2)C1. The van der Waals surface area contributed by atoms with Gasteiger partial charge >= 0.3 is 6.09 Å². The minimum Gasteiger partial charge on any atom is -0.444 e. The molecule has 0 spiro atoms. The lowest BCUT2D eigenvalue weighted by Gasteiger charge is -2.30. The van der Waals surface area contributed by atoms with Crippen LogP contribution in [-0.4, -0.2) is 36.0 Å². The molecule has 1 aliphatic rings. The third-order valence-corrected chi connectivity index (χ3v) is 4.80. The Bertz CT molecular complexity index is 831. The molecule has 0 aliphatic heterocycles.